The van der Waals surface area contributed by atoms with Crippen LogP contribution in [0.1, 0.15) is 40.7 Å². The van der Waals surface area contributed by atoms with Crippen molar-refractivity contribution >= 4 is 35.8 Å². The first-order chi connectivity index (χ1) is 14.3. The van der Waals surface area contributed by atoms with E-state index in [1.54, 1.807) is 31.4 Å². The maximum atomic E-state index is 12.9. The number of aliphatic imine (C=N–C) groups is 1. The normalized spacial score (nSPS) is 12.5. The Morgan fingerprint density at radius 1 is 1.10 bits per heavy atom. The Bertz CT molecular complexity index is 846. The first-order valence-corrected chi connectivity index (χ1v) is 9.61. The second-order valence-corrected chi connectivity index (χ2v) is 6.74. The van der Waals surface area contributed by atoms with Gasteiger partial charge in [0.1, 0.15) is 0 Å². The zero-order valence-electron chi connectivity index (χ0n) is 17.4. The van der Waals surface area contributed by atoms with Crippen LogP contribution in [0.3, 0.4) is 0 Å². The predicted molar refractivity (Wildman–Crippen MR) is 126 cm³/mol. The van der Waals surface area contributed by atoms with E-state index >= 15 is 0 Å². The molecule has 0 saturated carbocycles. The number of nitrogens with zero attached hydrogens (tertiary/aromatic N) is 2. The number of pyridine rings is 1. The number of amides is 1. The Morgan fingerprint density at radius 3 is 2.45 bits per heavy atom. The molecule has 0 saturated heterocycles. The van der Waals surface area contributed by atoms with Gasteiger partial charge in [0.25, 0.3) is 5.91 Å². The molecule has 3 N–H and O–H groups in total. The number of alkyl halides is 3. The van der Waals surface area contributed by atoms with Crippen LogP contribution in [0.15, 0.2) is 53.8 Å². The summed E-state index contributed by atoms with van der Waals surface area (Å²) in [6, 6.07) is 8.79. The molecule has 0 aliphatic heterocycles. The number of carbonyl (C=O) groups is 1. The van der Waals surface area contributed by atoms with Gasteiger partial charge >= 0.3 is 6.18 Å². The van der Waals surface area contributed by atoms with Gasteiger partial charge in [-0.1, -0.05) is 25.1 Å². The lowest BCUT2D eigenvalue weighted by Gasteiger charge is -2.16. The third-order valence-electron chi connectivity index (χ3n) is 4.50. The van der Waals surface area contributed by atoms with Gasteiger partial charge in [-0.3, -0.25) is 14.8 Å². The van der Waals surface area contributed by atoms with Gasteiger partial charge in [-0.15, -0.1) is 24.0 Å². The summed E-state index contributed by atoms with van der Waals surface area (Å²) in [5.41, 5.74) is 0.502. The summed E-state index contributed by atoms with van der Waals surface area (Å²) < 4.78 is 38.6. The fourth-order valence-electron chi connectivity index (χ4n) is 2.77. The molecule has 0 fully saturated rings. The van der Waals surface area contributed by atoms with E-state index in [1.165, 1.54) is 18.3 Å². The Morgan fingerprint density at radius 2 is 1.81 bits per heavy atom. The van der Waals surface area contributed by atoms with Crippen LogP contribution in [-0.2, 0) is 6.18 Å². The van der Waals surface area contributed by atoms with Crippen LogP contribution in [-0.4, -0.2) is 43.5 Å². The lowest BCUT2D eigenvalue weighted by atomic mass is 9.96. The molecule has 0 aliphatic rings. The van der Waals surface area contributed by atoms with Gasteiger partial charge in [0, 0.05) is 39.1 Å². The van der Waals surface area contributed by atoms with Crippen molar-refractivity contribution in [1.82, 2.24) is 20.9 Å². The summed E-state index contributed by atoms with van der Waals surface area (Å²) in [5.74, 6) is 0.307. The van der Waals surface area contributed by atoms with E-state index in [4.69, 9.17) is 0 Å². The van der Waals surface area contributed by atoms with Crippen LogP contribution in [0.2, 0.25) is 0 Å². The first kappa shape index (κ1) is 26.7. The van der Waals surface area contributed by atoms with Crippen LogP contribution in [0.25, 0.3) is 0 Å². The number of benzene rings is 1. The lowest BCUT2D eigenvalue weighted by Crippen LogP contribution is -2.42. The summed E-state index contributed by atoms with van der Waals surface area (Å²) in [6.07, 6.45) is -0.608. The molecular weight excluding hydrogens is 522 g/mol. The molecule has 0 radical (unpaired) electrons. The summed E-state index contributed by atoms with van der Waals surface area (Å²) in [6.45, 7) is 3.30. The Hall–Kier alpha value is -2.37. The molecule has 1 unspecified atom stereocenters. The minimum atomic E-state index is -4.34. The van der Waals surface area contributed by atoms with Crippen molar-refractivity contribution in [2.24, 2.45) is 4.99 Å². The molecule has 0 aliphatic carbocycles. The number of guanidine groups is 1. The highest BCUT2D eigenvalue weighted by Crippen LogP contribution is 2.31. The number of hydrogen-bond donors (Lipinski definition) is 3. The minimum absolute atomic E-state index is 0. The highest BCUT2D eigenvalue weighted by atomic mass is 127. The molecule has 10 heteroatoms. The number of aromatic nitrogens is 1. The van der Waals surface area contributed by atoms with Crippen molar-refractivity contribution in [1.29, 1.82) is 0 Å². The summed E-state index contributed by atoms with van der Waals surface area (Å²) in [7, 11) is 1.62. The number of halogens is 4. The first-order valence-electron chi connectivity index (χ1n) is 9.61. The van der Waals surface area contributed by atoms with Gasteiger partial charge in [0.05, 0.1) is 11.1 Å². The van der Waals surface area contributed by atoms with Crippen molar-refractivity contribution in [2.75, 3.05) is 26.7 Å². The average molecular weight is 549 g/mol. The third-order valence-corrected chi connectivity index (χ3v) is 4.50. The van der Waals surface area contributed by atoms with E-state index in [0.29, 0.717) is 43.1 Å². The second kappa shape index (κ2) is 13.1. The van der Waals surface area contributed by atoms with Crippen LogP contribution in [0.4, 0.5) is 13.2 Å². The van der Waals surface area contributed by atoms with Gasteiger partial charge < -0.3 is 16.0 Å². The van der Waals surface area contributed by atoms with Crippen LogP contribution < -0.4 is 16.0 Å². The summed E-state index contributed by atoms with van der Waals surface area (Å²) >= 11 is 0. The zero-order valence-corrected chi connectivity index (χ0v) is 19.7. The van der Waals surface area contributed by atoms with Gasteiger partial charge in [-0.05, 0) is 36.1 Å². The van der Waals surface area contributed by atoms with E-state index in [9.17, 15) is 18.0 Å². The van der Waals surface area contributed by atoms with E-state index in [2.05, 4.69) is 25.9 Å². The fraction of sp³-hybridized carbons (Fsp3) is 0.381. The van der Waals surface area contributed by atoms with Gasteiger partial charge in [0.2, 0.25) is 0 Å². The Balaban J connectivity index is 0.00000480. The SMILES string of the molecule is CN=C(NCCNC(=O)c1cccnc1)NCCC(C)c1cccc(C(F)(F)F)c1.I. The van der Waals surface area contributed by atoms with Crippen molar-refractivity contribution in [3.8, 4) is 0 Å². The molecule has 2 aromatic rings. The highest BCUT2D eigenvalue weighted by Gasteiger charge is 2.30. The quantitative estimate of drug-likeness (QED) is 0.203. The topological polar surface area (TPSA) is 78.4 Å². The molecule has 170 valence electrons. The van der Waals surface area contributed by atoms with Crippen molar-refractivity contribution in [3.05, 3.63) is 65.5 Å². The molecule has 1 aromatic carbocycles. The minimum Gasteiger partial charge on any atom is -0.356 e. The smallest absolute Gasteiger partial charge is 0.356 e. The van der Waals surface area contributed by atoms with Crippen molar-refractivity contribution in [2.45, 2.75) is 25.4 Å². The molecular formula is C21H27F3IN5O. The average Bonchev–Trinajstić information content (AvgIpc) is 2.75. The molecule has 2 rings (SSSR count). The monoisotopic (exact) mass is 549 g/mol. The van der Waals surface area contributed by atoms with Crippen molar-refractivity contribution < 1.29 is 18.0 Å². The molecule has 1 aromatic heterocycles. The van der Waals surface area contributed by atoms with E-state index in [0.717, 1.165) is 6.07 Å². The molecule has 1 amide bonds. The van der Waals surface area contributed by atoms with Gasteiger partial charge in [0.15, 0.2) is 5.96 Å². The standard InChI is InChI=1S/C21H26F3N5O.HI/c1-15(16-5-3-7-18(13-16)21(22,23)24)8-10-28-20(25-2)29-12-11-27-19(30)17-6-4-9-26-14-17;/h3-7,9,13-15H,8,10-12H2,1-2H3,(H,27,30)(H2,25,28,29);1H. The number of rotatable bonds is 8. The van der Waals surface area contributed by atoms with Gasteiger partial charge in [-0.25, -0.2) is 0 Å². The predicted octanol–water partition coefficient (Wildman–Crippen LogP) is 3.81. The van der Waals surface area contributed by atoms with Gasteiger partial charge in [-0.2, -0.15) is 13.2 Å². The second-order valence-electron chi connectivity index (χ2n) is 6.74. The number of carbonyl (C=O) groups excluding carboxylic acids is 1. The highest BCUT2D eigenvalue weighted by molar-refractivity contribution is 14.0. The maximum absolute atomic E-state index is 12.9. The van der Waals surface area contributed by atoms with E-state index in [-0.39, 0.29) is 35.8 Å². The van der Waals surface area contributed by atoms with E-state index < -0.39 is 11.7 Å². The van der Waals surface area contributed by atoms with E-state index in [1.807, 2.05) is 6.92 Å². The lowest BCUT2D eigenvalue weighted by molar-refractivity contribution is -0.137. The maximum Gasteiger partial charge on any atom is 0.416 e. The third kappa shape index (κ3) is 9.11. The largest absolute Gasteiger partial charge is 0.416 e. The molecule has 31 heavy (non-hydrogen) atoms. The molecule has 0 bridgehead atoms. The fourth-order valence-corrected chi connectivity index (χ4v) is 2.77. The Labute approximate surface area is 197 Å². The number of hydrogen-bond acceptors (Lipinski definition) is 3. The zero-order chi connectivity index (χ0) is 22.0. The van der Waals surface area contributed by atoms with Crippen LogP contribution >= 0.6 is 24.0 Å². The molecule has 6 nitrogen and oxygen atoms in total. The van der Waals surface area contributed by atoms with Crippen molar-refractivity contribution in [3.63, 3.8) is 0 Å². The summed E-state index contributed by atoms with van der Waals surface area (Å²) in [5, 5.41) is 8.98. The van der Waals surface area contributed by atoms with Crippen LogP contribution in [0, 0.1) is 0 Å². The molecule has 1 heterocycles. The summed E-state index contributed by atoms with van der Waals surface area (Å²) in [4.78, 5) is 19.9. The molecule has 0 spiro atoms. The Kier molecular flexibility index (Phi) is 11.3. The number of nitrogens with one attached hydrogen (secondary N) is 3. The van der Waals surface area contributed by atoms with Crippen LogP contribution in [0.5, 0.6) is 0 Å². The molecule has 1 atom stereocenters.